The Bertz CT molecular complexity index is 998. The van der Waals surface area contributed by atoms with Gasteiger partial charge in [-0.2, -0.15) is 0 Å². The number of carbonyl (C=O) groups is 2. The second kappa shape index (κ2) is 8.35. The van der Waals surface area contributed by atoms with Crippen LogP contribution in [0.25, 0.3) is 11.1 Å². The number of halogens is 1. The number of phenolic OH excluding ortho intramolecular Hbond substituents is 1. The zero-order chi connectivity index (χ0) is 20.1. The standard InChI is InChI=1S/C22H18FNO4/c1-14-2-11-20(19(23)12-14)24-21(26)13-28-22(27)17-5-3-15(4-6-17)16-7-9-18(25)10-8-16/h2-12,25H,13H2,1H3,(H,24,26). The van der Waals surface area contributed by atoms with Gasteiger partial charge in [0.25, 0.3) is 5.91 Å². The molecule has 3 aromatic rings. The maximum Gasteiger partial charge on any atom is 0.338 e. The lowest BCUT2D eigenvalue weighted by Crippen LogP contribution is -2.21. The first kappa shape index (κ1) is 19.1. The molecule has 6 heteroatoms. The van der Waals surface area contributed by atoms with Crippen LogP contribution in [0.15, 0.2) is 66.7 Å². The van der Waals surface area contributed by atoms with E-state index in [2.05, 4.69) is 5.32 Å². The Balaban J connectivity index is 1.57. The third-order valence-electron chi connectivity index (χ3n) is 4.05. The minimum atomic E-state index is -0.656. The molecule has 0 saturated carbocycles. The van der Waals surface area contributed by atoms with Gasteiger partial charge in [0.2, 0.25) is 0 Å². The average Bonchev–Trinajstić information content (AvgIpc) is 2.69. The normalized spacial score (nSPS) is 10.4. The topological polar surface area (TPSA) is 75.6 Å². The molecular weight excluding hydrogens is 361 g/mol. The van der Waals surface area contributed by atoms with E-state index in [0.29, 0.717) is 0 Å². The molecule has 2 N–H and O–H groups in total. The van der Waals surface area contributed by atoms with Crippen molar-refractivity contribution in [1.82, 2.24) is 0 Å². The van der Waals surface area contributed by atoms with Crippen molar-refractivity contribution in [2.24, 2.45) is 0 Å². The average molecular weight is 379 g/mol. The van der Waals surface area contributed by atoms with Crippen LogP contribution in [0.5, 0.6) is 5.75 Å². The molecule has 142 valence electrons. The van der Waals surface area contributed by atoms with Crippen molar-refractivity contribution in [3.8, 4) is 16.9 Å². The minimum absolute atomic E-state index is 0.0323. The van der Waals surface area contributed by atoms with Gasteiger partial charge in [-0.3, -0.25) is 4.79 Å². The first-order valence-electron chi connectivity index (χ1n) is 8.55. The molecule has 0 fully saturated rings. The number of amides is 1. The Morgan fingerprint density at radius 2 is 1.57 bits per heavy atom. The summed E-state index contributed by atoms with van der Waals surface area (Å²) in [6.07, 6.45) is 0. The molecule has 0 spiro atoms. The van der Waals surface area contributed by atoms with Gasteiger partial charge < -0.3 is 15.2 Å². The van der Waals surface area contributed by atoms with E-state index in [9.17, 15) is 19.1 Å². The van der Waals surface area contributed by atoms with Crippen LogP contribution >= 0.6 is 0 Å². The van der Waals surface area contributed by atoms with Crippen molar-refractivity contribution in [2.45, 2.75) is 6.92 Å². The number of esters is 1. The highest BCUT2D eigenvalue weighted by Crippen LogP contribution is 2.22. The van der Waals surface area contributed by atoms with Crippen LogP contribution in [0.4, 0.5) is 10.1 Å². The van der Waals surface area contributed by atoms with Gasteiger partial charge in [-0.05, 0) is 60.0 Å². The Morgan fingerprint density at radius 3 is 2.18 bits per heavy atom. The maximum absolute atomic E-state index is 13.7. The van der Waals surface area contributed by atoms with Crippen LogP contribution in [-0.2, 0) is 9.53 Å². The van der Waals surface area contributed by atoms with Gasteiger partial charge in [0, 0.05) is 0 Å². The van der Waals surface area contributed by atoms with Crippen molar-refractivity contribution in [3.63, 3.8) is 0 Å². The maximum atomic E-state index is 13.7. The molecule has 3 rings (SSSR count). The summed E-state index contributed by atoms with van der Waals surface area (Å²) in [4.78, 5) is 24.0. The number of aryl methyl sites for hydroxylation is 1. The lowest BCUT2D eigenvalue weighted by atomic mass is 10.0. The third kappa shape index (κ3) is 4.73. The predicted octanol–water partition coefficient (Wildman–Crippen LogP) is 4.30. The molecule has 1 amide bonds. The Hall–Kier alpha value is -3.67. The summed E-state index contributed by atoms with van der Waals surface area (Å²) < 4.78 is 18.7. The number of hydrogen-bond donors (Lipinski definition) is 2. The van der Waals surface area contributed by atoms with Gasteiger partial charge >= 0.3 is 5.97 Å². The van der Waals surface area contributed by atoms with Gasteiger partial charge in [0.05, 0.1) is 11.3 Å². The summed E-state index contributed by atoms with van der Waals surface area (Å²) in [6, 6.07) is 17.7. The number of phenols is 1. The fourth-order valence-corrected chi connectivity index (χ4v) is 2.57. The molecule has 0 bridgehead atoms. The van der Waals surface area contributed by atoms with E-state index in [1.807, 2.05) is 0 Å². The van der Waals surface area contributed by atoms with E-state index in [1.54, 1.807) is 61.5 Å². The summed E-state index contributed by atoms with van der Waals surface area (Å²) in [6.45, 7) is 1.22. The quantitative estimate of drug-likeness (QED) is 0.648. The van der Waals surface area contributed by atoms with Gasteiger partial charge in [0.15, 0.2) is 6.61 Å². The van der Waals surface area contributed by atoms with Gasteiger partial charge in [0.1, 0.15) is 11.6 Å². The summed E-state index contributed by atoms with van der Waals surface area (Å²) in [5.74, 6) is -1.66. The highest BCUT2D eigenvalue weighted by Gasteiger charge is 2.12. The first-order chi connectivity index (χ1) is 13.4. The fourth-order valence-electron chi connectivity index (χ4n) is 2.57. The number of nitrogens with one attached hydrogen (secondary N) is 1. The lowest BCUT2D eigenvalue weighted by Gasteiger charge is -2.08. The minimum Gasteiger partial charge on any atom is -0.508 e. The molecule has 28 heavy (non-hydrogen) atoms. The van der Waals surface area contributed by atoms with Gasteiger partial charge in [-0.15, -0.1) is 0 Å². The van der Waals surface area contributed by atoms with Crippen molar-refractivity contribution in [2.75, 3.05) is 11.9 Å². The molecule has 0 aromatic heterocycles. The summed E-state index contributed by atoms with van der Waals surface area (Å²) in [5.41, 5.74) is 2.81. The van der Waals surface area contributed by atoms with Crippen LogP contribution in [0.2, 0.25) is 0 Å². The van der Waals surface area contributed by atoms with E-state index < -0.39 is 24.3 Å². The molecule has 0 heterocycles. The van der Waals surface area contributed by atoms with E-state index in [1.165, 1.54) is 12.1 Å². The van der Waals surface area contributed by atoms with Crippen LogP contribution in [0, 0.1) is 12.7 Å². The number of anilines is 1. The summed E-state index contributed by atoms with van der Waals surface area (Å²) in [5, 5.41) is 11.7. The molecule has 5 nitrogen and oxygen atoms in total. The molecule has 0 aliphatic rings. The molecule has 0 radical (unpaired) electrons. The molecule has 0 unspecified atom stereocenters. The zero-order valence-corrected chi connectivity index (χ0v) is 15.1. The number of benzene rings is 3. The number of rotatable bonds is 5. The number of aromatic hydroxyl groups is 1. The van der Waals surface area contributed by atoms with Crippen molar-refractivity contribution in [3.05, 3.63) is 83.7 Å². The second-order valence-corrected chi connectivity index (χ2v) is 6.23. The molecule has 0 aliphatic heterocycles. The smallest absolute Gasteiger partial charge is 0.338 e. The van der Waals surface area contributed by atoms with E-state index in [-0.39, 0.29) is 17.0 Å². The molecule has 0 aliphatic carbocycles. The largest absolute Gasteiger partial charge is 0.508 e. The second-order valence-electron chi connectivity index (χ2n) is 6.23. The van der Waals surface area contributed by atoms with Crippen LogP contribution in [-0.4, -0.2) is 23.6 Å². The number of ether oxygens (including phenoxy) is 1. The molecule has 0 saturated heterocycles. The van der Waals surface area contributed by atoms with Crippen LogP contribution in [0.3, 0.4) is 0 Å². The molecule has 3 aromatic carbocycles. The molecular formula is C22H18FNO4. The Labute approximate surface area is 161 Å². The van der Waals surface area contributed by atoms with Gasteiger partial charge in [-0.25, -0.2) is 9.18 Å². The van der Waals surface area contributed by atoms with Crippen LogP contribution < -0.4 is 5.32 Å². The first-order valence-corrected chi connectivity index (χ1v) is 8.55. The summed E-state index contributed by atoms with van der Waals surface area (Å²) >= 11 is 0. The van der Waals surface area contributed by atoms with Gasteiger partial charge in [-0.1, -0.05) is 30.3 Å². The zero-order valence-electron chi connectivity index (χ0n) is 15.1. The monoisotopic (exact) mass is 379 g/mol. The number of hydrogen-bond acceptors (Lipinski definition) is 4. The van der Waals surface area contributed by atoms with E-state index in [4.69, 9.17) is 4.74 Å². The Kier molecular flexibility index (Phi) is 5.69. The van der Waals surface area contributed by atoms with E-state index in [0.717, 1.165) is 16.7 Å². The fraction of sp³-hybridized carbons (Fsp3) is 0.0909. The van der Waals surface area contributed by atoms with Crippen LogP contribution in [0.1, 0.15) is 15.9 Å². The lowest BCUT2D eigenvalue weighted by molar-refractivity contribution is -0.119. The van der Waals surface area contributed by atoms with Crippen molar-refractivity contribution in [1.29, 1.82) is 0 Å². The van der Waals surface area contributed by atoms with E-state index >= 15 is 0 Å². The third-order valence-corrected chi connectivity index (χ3v) is 4.05. The highest BCUT2D eigenvalue weighted by molar-refractivity contribution is 5.95. The molecule has 0 atom stereocenters. The van der Waals surface area contributed by atoms with Crippen molar-refractivity contribution < 1.29 is 23.8 Å². The SMILES string of the molecule is Cc1ccc(NC(=O)COC(=O)c2ccc(-c3ccc(O)cc3)cc2)c(F)c1. The number of carbonyl (C=O) groups excluding carboxylic acids is 2. The van der Waals surface area contributed by atoms with Crippen molar-refractivity contribution >= 4 is 17.6 Å². The summed E-state index contributed by atoms with van der Waals surface area (Å²) in [7, 11) is 0. The highest BCUT2D eigenvalue weighted by atomic mass is 19.1. The predicted molar refractivity (Wildman–Crippen MR) is 104 cm³/mol. The Morgan fingerprint density at radius 1 is 0.964 bits per heavy atom.